The van der Waals surface area contributed by atoms with Crippen LogP contribution < -0.4 is 10.1 Å². The van der Waals surface area contributed by atoms with Gasteiger partial charge in [-0.2, -0.15) is 0 Å². The summed E-state index contributed by atoms with van der Waals surface area (Å²) in [6.07, 6.45) is 3.60. The summed E-state index contributed by atoms with van der Waals surface area (Å²) in [5.41, 5.74) is 4.20. The summed E-state index contributed by atoms with van der Waals surface area (Å²) in [6.45, 7) is 11.5. The Morgan fingerprint density at radius 2 is 1.36 bits per heavy atom. The van der Waals surface area contributed by atoms with Gasteiger partial charge < -0.3 is 10.1 Å². The molecule has 0 spiro atoms. The summed E-state index contributed by atoms with van der Waals surface area (Å²) in [4.78, 5) is 0. The predicted molar refractivity (Wildman–Crippen MR) is 107 cm³/mol. The molecule has 0 aliphatic rings. The fourth-order valence-electron chi connectivity index (χ4n) is 2.72. The highest BCUT2D eigenvalue weighted by molar-refractivity contribution is 5.28. The van der Waals surface area contributed by atoms with Gasteiger partial charge in [0.05, 0.1) is 6.61 Å². The minimum atomic E-state index is 0.215. The van der Waals surface area contributed by atoms with Crippen molar-refractivity contribution in [2.45, 2.75) is 65.5 Å². The second kappa shape index (κ2) is 9.62. The number of nitrogens with one attached hydrogen (secondary N) is 1. The van der Waals surface area contributed by atoms with Gasteiger partial charge in [-0.1, -0.05) is 76.9 Å². The van der Waals surface area contributed by atoms with Gasteiger partial charge in [-0.05, 0) is 40.7 Å². The Kier molecular flexibility index (Phi) is 7.52. The maximum atomic E-state index is 5.76. The highest BCUT2D eigenvalue weighted by Gasteiger charge is 2.12. The zero-order chi connectivity index (χ0) is 18.1. The lowest BCUT2D eigenvalue weighted by molar-refractivity contribution is 0.306. The molecule has 0 saturated heterocycles. The van der Waals surface area contributed by atoms with Crippen molar-refractivity contribution in [3.8, 4) is 5.75 Å². The average Bonchev–Trinajstić information content (AvgIpc) is 2.60. The maximum Gasteiger partial charge on any atom is 0.119 e. The second-order valence-electron chi connectivity index (χ2n) is 7.75. The lowest BCUT2D eigenvalue weighted by Gasteiger charge is -2.19. The molecule has 0 fully saturated rings. The molecule has 136 valence electrons. The van der Waals surface area contributed by atoms with Gasteiger partial charge in [-0.3, -0.25) is 0 Å². The lowest BCUT2D eigenvalue weighted by Crippen LogP contribution is -2.14. The van der Waals surface area contributed by atoms with E-state index in [4.69, 9.17) is 4.74 Å². The van der Waals surface area contributed by atoms with Gasteiger partial charge in [0.2, 0.25) is 0 Å². The van der Waals surface area contributed by atoms with E-state index in [0.29, 0.717) is 0 Å². The average molecular weight is 340 g/mol. The number of unbranched alkanes of at least 4 members (excludes halogenated alkanes) is 2. The molecule has 0 bridgehead atoms. The van der Waals surface area contributed by atoms with Crippen molar-refractivity contribution in [2.24, 2.45) is 0 Å². The molecule has 2 rings (SSSR count). The van der Waals surface area contributed by atoms with Gasteiger partial charge in [-0.15, -0.1) is 0 Å². The van der Waals surface area contributed by atoms with Crippen molar-refractivity contribution in [2.75, 3.05) is 6.61 Å². The molecule has 0 atom stereocenters. The Balaban J connectivity index is 1.74. The summed E-state index contributed by atoms with van der Waals surface area (Å²) >= 11 is 0. The Morgan fingerprint density at radius 1 is 0.800 bits per heavy atom. The Morgan fingerprint density at radius 3 is 1.88 bits per heavy atom. The standard InChI is InChI=1S/C23H33NO/c1-5-6-7-16-25-22-14-10-20(11-15-22)18-24-17-19-8-12-21(13-9-19)23(2,3)4/h8-15,24H,5-7,16-18H2,1-4H3. The summed E-state index contributed by atoms with van der Waals surface area (Å²) in [5.74, 6) is 0.970. The third-order valence-electron chi connectivity index (χ3n) is 4.42. The van der Waals surface area contributed by atoms with Crippen molar-refractivity contribution >= 4 is 0 Å². The van der Waals surface area contributed by atoms with E-state index in [9.17, 15) is 0 Å². The van der Waals surface area contributed by atoms with Crippen molar-refractivity contribution in [1.29, 1.82) is 0 Å². The molecule has 0 heterocycles. The SMILES string of the molecule is CCCCCOc1ccc(CNCc2ccc(C(C)(C)C)cc2)cc1. The van der Waals surface area contributed by atoms with Crippen LogP contribution >= 0.6 is 0 Å². The minimum absolute atomic E-state index is 0.215. The number of benzene rings is 2. The molecule has 0 aliphatic carbocycles. The van der Waals surface area contributed by atoms with E-state index >= 15 is 0 Å². The highest BCUT2D eigenvalue weighted by Crippen LogP contribution is 2.22. The van der Waals surface area contributed by atoms with Crippen LogP contribution in [0.3, 0.4) is 0 Å². The first-order valence-electron chi connectivity index (χ1n) is 9.51. The first-order chi connectivity index (χ1) is 12.0. The van der Waals surface area contributed by atoms with Crippen molar-refractivity contribution in [3.05, 3.63) is 65.2 Å². The van der Waals surface area contributed by atoms with Crippen LogP contribution in [0.5, 0.6) is 5.75 Å². The van der Waals surface area contributed by atoms with E-state index in [1.165, 1.54) is 29.5 Å². The second-order valence-corrected chi connectivity index (χ2v) is 7.75. The Labute approximate surface area is 153 Å². The maximum absolute atomic E-state index is 5.76. The largest absolute Gasteiger partial charge is 0.494 e. The topological polar surface area (TPSA) is 21.3 Å². The molecular weight excluding hydrogens is 306 g/mol. The van der Waals surface area contributed by atoms with Crippen LogP contribution in [0.1, 0.15) is 63.6 Å². The molecule has 0 radical (unpaired) electrons. The van der Waals surface area contributed by atoms with E-state index in [0.717, 1.165) is 31.9 Å². The van der Waals surface area contributed by atoms with Gasteiger partial charge in [0.1, 0.15) is 5.75 Å². The molecule has 2 nitrogen and oxygen atoms in total. The monoisotopic (exact) mass is 339 g/mol. The van der Waals surface area contributed by atoms with Gasteiger partial charge in [0.25, 0.3) is 0 Å². The quantitative estimate of drug-likeness (QED) is 0.579. The summed E-state index contributed by atoms with van der Waals surface area (Å²) in [6, 6.07) is 17.4. The lowest BCUT2D eigenvalue weighted by atomic mass is 9.87. The first kappa shape index (κ1) is 19.5. The van der Waals surface area contributed by atoms with Crippen LogP contribution in [0.25, 0.3) is 0 Å². The molecule has 2 aromatic rings. The highest BCUT2D eigenvalue weighted by atomic mass is 16.5. The molecule has 0 unspecified atom stereocenters. The third-order valence-corrected chi connectivity index (χ3v) is 4.42. The number of hydrogen-bond donors (Lipinski definition) is 1. The smallest absolute Gasteiger partial charge is 0.119 e. The van der Waals surface area contributed by atoms with Crippen LogP contribution in [0.2, 0.25) is 0 Å². The first-order valence-corrected chi connectivity index (χ1v) is 9.51. The van der Waals surface area contributed by atoms with Crippen molar-refractivity contribution in [3.63, 3.8) is 0 Å². The summed E-state index contributed by atoms with van der Waals surface area (Å²) < 4.78 is 5.76. The number of hydrogen-bond acceptors (Lipinski definition) is 2. The number of ether oxygens (including phenoxy) is 1. The van der Waals surface area contributed by atoms with E-state index < -0.39 is 0 Å². The van der Waals surface area contributed by atoms with Crippen LogP contribution in [0.4, 0.5) is 0 Å². The van der Waals surface area contributed by atoms with Crippen LogP contribution in [-0.2, 0) is 18.5 Å². The minimum Gasteiger partial charge on any atom is -0.494 e. The predicted octanol–water partition coefficient (Wildman–Crippen LogP) is 5.84. The normalized spacial score (nSPS) is 11.5. The summed E-state index contributed by atoms with van der Waals surface area (Å²) in [7, 11) is 0. The van der Waals surface area contributed by atoms with E-state index in [1.54, 1.807) is 0 Å². The molecule has 2 aromatic carbocycles. The molecular formula is C23H33NO. The van der Waals surface area contributed by atoms with Crippen molar-refractivity contribution < 1.29 is 4.74 Å². The molecule has 0 saturated carbocycles. The van der Waals surface area contributed by atoms with Crippen LogP contribution in [0, 0.1) is 0 Å². The molecule has 2 heteroatoms. The fraction of sp³-hybridized carbons (Fsp3) is 0.478. The molecule has 0 aromatic heterocycles. The van der Waals surface area contributed by atoms with Crippen LogP contribution in [-0.4, -0.2) is 6.61 Å². The van der Waals surface area contributed by atoms with Gasteiger partial charge in [-0.25, -0.2) is 0 Å². The fourth-order valence-corrected chi connectivity index (χ4v) is 2.72. The van der Waals surface area contributed by atoms with Gasteiger partial charge in [0, 0.05) is 13.1 Å². The molecule has 0 amide bonds. The van der Waals surface area contributed by atoms with E-state index in [-0.39, 0.29) is 5.41 Å². The molecule has 0 aliphatic heterocycles. The summed E-state index contributed by atoms with van der Waals surface area (Å²) in [5, 5.41) is 3.51. The van der Waals surface area contributed by atoms with Crippen LogP contribution in [0.15, 0.2) is 48.5 Å². The van der Waals surface area contributed by atoms with Gasteiger partial charge >= 0.3 is 0 Å². The molecule has 1 N–H and O–H groups in total. The number of rotatable bonds is 9. The van der Waals surface area contributed by atoms with Crippen molar-refractivity contribution in [1.82, 2.24) is 5.32 Å². The van der Waals surface area contributed by atoms with E-state index in [2.05, 4.69) is 81.5 Å². The van der Waals surface area contributed by atoms with Gasteiger partial charge in [0.15, 0.2) is 0 Å². The third kappa shape index (κ3) is 6.91. The Bertz CT molecular complexity index is 608. The zero-order valence-electron chi connectivity index (χ0n) is 16.3. The van der Waals surface area contributed by atoms with E-state index in [1.807, 2.05) is 0 Å². The Hall–Kier alpha value is -1.80. The zero-order valence-corrected chi connectivity index (χ0v) is 16.3. The molecule has 25 heavy (non-hydrogen) atoms.